The highest BCUT2D eigenvalue weighted by Crippen LogP contribution is 2.22. The Kier molecular flexibility index (Phi) is 2.88. The second kappa shape index (κ2) is 4.16. The van der Waals surface area contributed by atoms with E-state index in [1.54, 1.807) is 18.2 Å². The smallest absolute Gasteiger partial charge is 0.193 e. The van der Waals surface area contributed by atoms with Crippen LogP contribution in [0.25, 0.3) is 0 Å². The SMILES string of the molecule is Nc1ccc(C(=O)c2ccsc2)cc1Br. The number of ketones is 1. The second-order valence-electron chi connectivity index (χ2n) is 3.08. The number of benzene rings is 1. The van der Waals surface area contributed by atoms with Crippen LogP contribution in [-0.4, -0.2) is 5.78 Å². The highest BCUT2D eigenvalue weighted by Gasteiger charge is 2.10. The third-order valence-corrected chi connectivity index (χ3v) is 3.42. The number of halogens is 1. The van der Waals surface area contributed by atoms with Crippen molar-refractivity contribution in [3.05, 3.63) is 50.6 Å². The maximum Gasteiger partial charge on any atom is 0.193 e. The van der Waals surface area contributed by atoms with Gasteiger partial charge < -0.3 is 5.73 Å². The molecule has 1 aromatic carbocycles. The highest BCUT2D eigenvalue weighted by atomic mass is 79.9. The zero-order valence-electron chi connectivity index (χ0n) is 7.74. The van der Waals surface area contributed by atoms with Crippen molar-refractivity contribution in [3.63, 3.8) is 0 Å². The standard InChI is InChI=1S/C11H8BrNOS/c12-9-5-7(1-2-10(9)13)11(14)8-3-4-15-6-8/h1-6H,13H2. The number of rotatable bonds is 2. The van der Waals surface area contributed by atoms with Crippen molar-refractivity contribution in [2.75, 3.05) is 5.73 Å². The highest BCUT2D eigenvalue weighted by molar-refractivity contribution is 9.10. The Morgan fingerprint density at radius 1 is 1.27 bits per heavy atom. The Labute approximate surface area is 99.9 Å². The molecule has 0 bridgehead atoms. The van der Waals surface area contributed by atoms with Crippen molar-refractivity contribution < 1.29 is 4.79 Å². The molecule has 0 amide bonds. The van der Waals surface area contributed by atoms with Gasteiger partial charge in [-0.1, -0.05) is 0 Å². The number of nitrogens with two attached hydrogens (primary N) is 1. The van der Waals surface area contributed by atoms with Crippen LogP contribution in [0.15, 0.2) is 39.5 Å². The Bertz CT molecular complexity index is 493. The summed E-state index contributed by atoms with van der Waals surface area (Å²) in [7, 11) is 0. The summed E-state index contributed by atoms with van der Waals surface area (Å²) in [6.45, 7) is 0. The summed E-state index contributed by atoms with van der Waals surface area (Å²) in [6.07, 6.45) is 0. The summed E-state index contributed by atoms with van der Waals surface area (Å²) in [5.74, 6) is 0.0250. The third kappa shape index (κ3) is 2.11. The zero-order chi connectivity index (χ0) is 10.8. The molecule has 2 nitrogen and oxygen atoms in total. The fraction of sp³-hybridized carbons (Fsp3) is 0. The first-order chi connectivity index (χ1) is 7.18. The van der Waals surface area contributed by atoms with Gasteiger partial charge in [0.05, 0.1) is 0 Å². The van der Waals surface area contributed by atoms with E-state index in [0.717, 1.165) is 10.0 Å². The van der Waals surface area contributed by atoms with Gasteiger partial charge in [-0.2, -0.15) is 11.3 Å². The van der Waals surface area contributed by atoms with Gasteiger partial charge in [-0.15, -0.1) is 0 Å². The first kappa shape index (κ1) is 10.4. The number of carbonyl (C=O) groups is 1. The molecule has 0 aliphatic carbocycles. The molecule has 0 aliphatic rings. The maximum absolute atomic E-state index is 11.9. The van der Waals surface area contributed by atoms with Crippen molar-refractivity contribution in [3.8, 4) is 0 Å². The van der Waals surface area contributed by atoms with Crippen LogP contribution >= 0.6 is 27.3 Å². The average Bonchev–Trinajstić information content (AvgIpc) is 2.74. The molecule has 2 N–H and O–H groups in total. The molecule has 2 aromatic rings. The molecule has 1 heterocycles. The molecule has 0 saturated heterocycles. The molecule has 0 fully saturated rings. The van der Waals surface area contributed by atoms with Gasteiger partial charge in [-0.3, -0.25) is 4.79 Å². The molecular formula is C11H8BrNOS. The van der Waals surface area contributed by atoms with Gasteiger partial charge >= 0.3 is 0 Å². The van der Waals surface area contributed by atoms with Crippen LogP contribution in [0.1, 0.15) is 15.9 Å². The lowest BCUT2D eigenvalue weighted by molar-refractivity contribution is 0.103. The Morgan fingerprint density at radius 3 is 2.67 bits per heavy atom. The number of nitrogen functional groups attached to an aromatic ring is 1. The van der Waals surface area contributed by atoms with E-state index in [1.807, 2.05) is 16.8 Å². The van der Waals surface area contributed by atoms with Crippen molar-refractivity contribution in [2.45, 2.75) is 0 Å². The number of hydrogen-bond acceptors (Lipinski definition) is 3. The molecule has 0 spiro atoms. The van der Waals surface area contributed by atoms with Gasteiger partial charge in [0.1, 0.15) is 0 Å². The number of anilines is 1. The molecule has 2 rings (SSSR count). The summed E-state index contributed by atoms with van der Waals surface area (Å²) in [5.41, 5.74) is 7.65. The zero-order valence-corrected chi connectivity index (χ0v) is 10.1. The summed E-state index contributed by atoms with van der Waals surface area (Å²) in [6, 6.07) is 7.02. The van der Waals surface area contributed by atoms with E-state index < -0.39 is 0 Å². The van der Waals surface area contributed by atoms with Crippen LogP contribution in [0.5, 0.6) is 0 Å². The maximum atomic E-state index is 11.9. The summed E-state index contributed by atoms with van der Waals surface area (Å²) in [5, 5.41) is 3.73. The fourth-order valence-electron chi connectivity index (χ4n) is 1.23. The number of carbonyl (C=O) groups excluding carboxylic acids is 1. The third-order valence-electron chi connectivity index (χ3n) is 2.05. The average molecular weight is 282 g/mol. The summed E-state index contributed by atoms with van der Waals surface area (Å²) >= 11 is 4.82. The second-order valence-corrected chi connectivity index (χ2v) is 4.71. The minimum Gasteiger partial charge on any atom is -0.398 e. The lowest BCUT2D eigenvalue weighted by atomic mass is 10.1. The van der Waals surface area contributed by atoms with Gasteiger partial charge in [-0.05, 0) is 45.6 Å². The van der Waals surface area contributed by atoms with E-state index in [-0.39, 0.29) is 5.78 Å². The van der Waals surface area contributed by atoms with E-state index in [4.69, 9.17) is 5.73 Å². The van der Waals surface area contributed by atoms with Crippen LogP contribution in [0.3, 0.4) is 0 Å². The molecular weight excluding hydrogens is 274 g/mol. The Hall–Kier alpha value is -1.13. The van der Waals surface area contributed by atoms with Crippen LogP contribution in [0, 0.1) is 0 Å². The summed E-state index contributed by atoms with van der Waals surface area (Å²) in [4.78, 5) is 11.9. The Morgan fingerprint density at radius 2 is 2.07 bits per heavy atom. The monoisotopic (exact) mass is 281 g/mol. The quantitative estimate of drug-likeness (QED) is 0.678. The largest absolute Gasteiger partial charge is 0.398 e. The van der Waals surface area contributed by atoms with E-state index in [0.29, 0.717) is 11.3 Å². The normalized spacial score (nSPS) is 10.2. The molecule has 0 saturated carbocycles. The van der Waals surface area contributed by atoms with Crippen molar-refractivity contribution in [1.82, 2.24) is 0 Å². The van der Waals surface area contributed by atoms with E-state index in [2.05, 4.69) is 15.9 Å². The molecule has 0 aliphatic heterocycles. The van der Waals surface area contributed by atoms with Crippen LogP contribution in [0.4, 0.5) is 5.69 Å². The van der Waals surface area contributed by atoms with E-state index >= 15 is 0 Å². The lowest BCUT2D eigenvalue weighted by Crippen LogP contribution is -2.00. The minimum atomic E-state index is 0.0250. The first-order valence-corrected chi connectivity index (χ1v) is 6.04. The van der Waals surface area contributed by atoms with Crippen molar-refractivity contribution in [2.24, 2.45) is 0 Å². The molecule has 0 radical (unpaired) electrons. The molecule has 15 heavy (non-hydrogen) atoms. The fourth-order valence-corrected chi connectivity index (χ4v) is 2.24. The summed E-state index contributed by atoms with van der Waals surface area (Å²) < 4.78 is 0.753. The van der Waals surface area contributed by atoms with Gasteiger partial charge in [0.25, 0.3) is 0 Å². The molecule has 0 unspecified atom stereocenters. The van der Waals surface area contributed by atoms with Gasteiger partial charge in [0.2, 0.25) is 0 Å². The number of thiophene rings is 1. The van der Waals surface area contributed by atoms with Gasteiger partial charge in [0, 0.05) is 26.7 Å². The molecule has 0 atom stereocenters. The van der Waals surface area contributed by atoms with E-state index in [9.17, 15) is 4.79 Å². The molecule has 1 aromatic heterocycles. The topological polar surface area (TPSA) is 43.1 Å². The van der Waals surface area contributed by atoms with Crippen molar-refractivity contribution >= 4 is 38.7 Å². The predicted molar refractivity (Wildman–Crippen MR) is 66.3 cm³/mol. The van der Waals surface area contributed by atoms with Crippen LogP contribution in [0.2, 0.25) is 0 Å². The van der Waals surface area contributed by atoms with E-state index in [1.165, 1.54) is 11.3 Å². The minimum absolute atomic E-state index is 0.0250. The van der Waals surface area contributed by atoms with Gasteiger partial charge in [-0.25, -0.2) is 0 Å². The molecule has 4 heteroatoms. The lowest BCUT2D eigenvalue weighted by Gasteiger charge is -2.01. The van der Waals surface area contributed by atoms with Crippen molar-refractivity contribution in [1.29, 1.82) is 0 Å². The Balaban J connectivity index is 2.39. The van der Waals surface area contributed by atoms with Crippen LogP contribution < -0.4 is 5.73 Å². The predicted octanol–water partition coefficient (Wildman–Crippen LogP) is 3.32. The number of hydrogen-bond donors (Lipinski definition) is 1. The van der Waals surface area contributed by atoms with Crippen LogP contribution in [-0.2, 0) is 0 Å². The van der Waals surface area contributed by atoms with Gasteiger partial charge in [0.15, 0.2) is 5.78 Å². The first-order valence-electron chi connectivity index (χ1n) is 4.30. The molecule has 76 valence electrons.